The topological polar surface area (TPSA) is 71.3 Å². The van der Waals surface area contributed by atoms with Gasteiger partial charge >= 0.3 is 0 Å². The van der Waals surface area contributed by atoms with Crippen LogP contribution in [-0.4, -0.2) is 11.7 Å². The molecule has 5 rings (SSSR count). The van der Waals surface area contributed by atoms with Crippen molar-refractivity contribution in [2.75, 3.05) is 5.32 Å². The summed E-state index contributed by atoms with van der Waals surface area (Å²) in [6, 6.07) is 21.1. The van der Waals surface area contributed by atoms with Gasteiger partial charge in [-0.15, -0.1) is 0 Å². The van der Waals surface area contributed by atoms with Gasteiger partial charge in [0.15, 0.2) is 5.78 Å². The number of furan rings is 1. The normalized spacial score (nSPS) is 18.3. The number of hydrogen-bond donors (Lipinski definition) is 2. The van der Waals surface area contributed by atoms with Gasteiger partial charge in [0, 0.05) is 23.4 Å². The Hall–Kier alpha value is -3.86. The SMILES string of the molecule is Cc1ccccc1NC(=O)C1=C(c2ccccc2)NC2=C(C(=O)CCC2)C1c1ccco1. The number of benzene rings is 2. The van der Waals surface area contributed by atoms with E-state index in [0.717, 1.165) is 35.4 Å². The largest absolute Gasteiger partial charge is 0.468 e. The lowest BCUT2D eigenvalue weighted by molar-refractivity contribution is -0.116. The number of Topliss-reactive ketones (excluding diaryl/α,β-unsaturated/α-hetero) is 1. The van der Waals surface area contributed by atoms with E-state index in [9.17, 15) is 9.59 Å². The van der Waals surface area contributed by atoms with Crippen molar-refractivity contribution in [3.63, 3.8) is 0 Å². The summed E-state index contributed by atoms with van der Waals surface area (Å²) in [4.78, 5) is 26.9. The molecule has 2 heterocycles. The van der Waals surface area contributed by atoms with Gasteiger partial charge in [-0.1, -0.05) is 48.5 Å². The summed E-state index contributed by atoms with van der Waals surface area (Å²) in [5.74, 6) is -0.156. The minimum atomic E-state index is -0.562. The Kier molecular flexibility index (Phi) is 5.23. The first kappa shape index (κ1) is 20.1. The number of dihydropyridines is 1. The molecule has 2 aliphatic rings. The van der Waals surface area contributed by atoms with E-state index in [2.05, 4.69) is 10.6 Å². The third-order valence-electron chi connectivity index (χ3n) is 6.11. The molecular weight excluding hydrogens is 400 g/mol. The molecule has 0 spiro atoms. The first-order valence-corrected chi connectivity index (χ1v) is 10.9. The molecule has 0 bridgehead atoms. The highest BCUT2D eigenvalue weighted by atomic mass is 16.3. The highest BCUT2D eigenvalue weighted by molar-refractivity contribution is 6.14. The van der Waals surface area contributed by atoms with Crippen LogP contribution in [0.3, 0.4) is 0 Å². The zero-order valence-corrected chi connectivity index (χ0v) is 17.9. The van der Waals surface area contributed by atoms with Gasteiger partial charge in [-0.25, -0.2) is 0 Å². The Morgan fingerprint density at radius 1 is 1.00 bits per heavy atom. The predicted molar refractivity (Wildman–Crippen MR) is 124 cm³/mol. The fourth-order valence-electron chi connectivity index (χ4n) is 4.56. The van der Waals surface area contributed by atoms with Gasteiger partial charge in [0.1, 0.15) is 5.76 Å². The summed E-state index contributed by atoms with van der Waals surface area (Å²) in [5.41, 5.74) is 5.33. The number of nitrogens with one attached hydrogen (secondary N) is 2. The van der Waals surface area contributed by atoms with Gasteiger partial charge in [0.2, 0.25) is 0 Å². The summed E-state index contributed by atoms with van der Waals surface area (Å²) in [5, 5.41) is 6.53. The van der Waals surface area contributed by atoms with E-state index in [1.807, 2.05) is 67.6 Å². The Morgan fingerprint density at radius 2 is 1.78 bits per heavy atom. The Bertz CT molecular complexity index is 1240. The van der Waals surface area contributed by atoms with Gasteiger partial charge in [0.25, 0.3) is 5.91 Å². The number of hydrogen-bond acceptors (Lipinski definition) is 4. The van der Waals surface area contributed by atoms with Crippen molar-refractivity contribution in [3.8, 4) is 0 Å². The molecule has 0 saturated carbocycles. The van der Waals surface area contributed by atoms with Crippen molar-refractivity contribution >= 4 is 23.1 Å². The number of aryl methyl sites for hydroxylation is 1. The van der Waals surface area contributed by atoms with Crippen molar-refractivity contribution < 1.29 is 14.0 Å². The van der Waals surface area contributed by atoms with Crippen LogP contribution in [0.25, 0.3) is 5.70 Å². The van der Waals surface area contributed by atoms with Gasteiger partial charge < -0.3 is 15.1 Å². The van der Waals surface area contributed by atoms with E-state index in [1.165, 1.54) is 0 Å². The summed E-state index contributed by atoms with van der Waals surface area (Å²) < 4.78 is 5.78. The van der Waals surface area contributed by atoms with Crippen molar-refractivity contribution in [3.05, 3.63) is 107 Å². The third-order valence-corrected chi connectivity index (χ3v) is 6.11. The Morgan fingerprint density at radius 3 is 2.53 bits per heavy atom. The molecule has 1 atom stereocenters. The molecule has 0 radical (unpaired) electrons. The van der Waals surface area contributed by atoms with Crippen molar-refractivity contribution in [2.45, 2.75) is 32.1 Å². The number of rotatable bonds is 4. The summed E-state index contributed by atoms with van der Waals surface area (Å²) in [7, 11) is 0. The van der Waals surface area contributed by atoms with Crippen molar-refractivity contribution in [1.29, 1.82) is 0 Å². The van der Waals surface area contributed by atoms with E-state index >= 15 is 0 Å². The van der Waals surface area contributed by atoms with E-state index in [-0.39, 0.29) is 11.7 Å². The fraction of sp³-hybridized carbons (Fsp3) is 0.185. The summed E-state index contributed by atoms with van der Waals surface area (Å²) >= 11 is 0. The maximum Gasteiger partial charge on any atom is 0.254 e. The highest BCUT2D eigenvalue weighted by Crippen LogP contribution is 2.44. The van der Waals surface area contributed by atoms with E-state index in [1.54, 1.807) is 12.3 Å². The number of amides is 1. The number of anilines is 1. The molecule has 2 aromatic carbocycles. The van der Waals surface area contributed by atoms with E-state index in [4.69, 9.17) is 4.42 Å². The second kappa shape index (κ2) is 8.35. The lowest BCUT2D eigenvalue weighted by Gasteiger charge is -2.34. The van der Waals surface area contributed by atoms with Crippen LogP contribution in [0.2, 0.25) is 0 Å². The zero-order valence-electron chi connectivity index (χ0n) is 17.9. The Labute approximate surface area is 186 Å². The molecular formula is C27H24N2O3. The third kappa shape index (κ3) is 3.56. The molecule has 1 amide bonds. The molecule has 5 nitrogen and oxygen atoms in total. The number of ketones is 1. The highest BCUT2D eigenvalue weighted by Gasteiger charge is 2.41. The van der Waals surface area contributed by atoms with Crippen LogP contribution in [0.1, 0.15) is 42.1 Å². The number of carbonyl (C=O) groups is 2. The molecule has 32 heavy (non-hydrogen) atoms. The van der Waals surface area contributed by atoms with Gasteiger partial charge in [0.05, 0.1) is 23.5 Å². The number of allylic oxidation sites excluding steroid dienone is 2. The average molecular weight is 425 g/mol. The maximum atomic E-state index is 13.8. The standard InChI is InChI=1S/C27H24N2O3/c1-17-9-5-6-12-19(17)29-27(31)25-24(22-15-8-16-32-22)23-20(13-7-14-21(23)30)28-26(25)18-10-3-2-4-11-18/h2-6,8-12,15-16,24,28H,7,13-14H2,1H3,(H,29,31). The molecule has 0 fully saturated rings. The van der Waals surface area contributed by atoms with Crippen LogP contribution in [0, 0.1) is 6.92 Å². The first-order chi connectivity index (χ1) is 15.6. The molecule has 3 aromatic rings. The van der Waals surface area contributed by atoms with Gasteiger partial charge in [-0.3, -0.25) is 9.59 Å². The van der Waals surface area contributed by atoms with Crippen LogP contribution in [-0.2, 0) is 9.59 Å². The zero-order chi connectivity index (χ0) is 22.1. The lowest BCUT2D eigenvalue weighted by atomic mass is 9.76. The van der Waals surface area contributed by atoms with Crippen LogP contribution < -0.4 is 10.6 Å². The molecule has 5 heteroatoms. The molecule has 160 valence electrons. The average Bonchev–Trinajstić information content (AvgIpc) is 3.35. The van der Waals surface area contributed by atoms with Crippen LogP contribution >= 0.6 is 0 Å². The van der Waals surface area contributed by atoms with E-state index in [0.29, 0.717) is 29.0 Å². The molecule has 1 unspecified atom stereocenters. The smallest absolute Gasteiger partial charge is 0.254 e. The minimum absolute atomic E-state index is 0.0634. The number of carbonyl (C=O) groups excluding carboxylic acids is 2. The predicted octanol–water partition coefficient (Wildman–Crippen LogP) is 5.33. The van der Waals surface area contributed by atoms with Crippen LogP contribution in [0.15, 0.2) is 94.3 Å². The molecule has 0 saturated heterocycles. The fourth-order valence-corrected chi connectivity index (χ4v) is 4.56. The molecule has 1 aliphatic heterocycles. The summed E-state index contributed by atoms with van der Waals surface area (Å²) in [6.07, 6.45) is 3.62. The number of para-hydroxylation sites is 1. The van der Waals surface area contributed by atoms with E-state index < -0.39 is 5.92 Å². The minimum Gasteiger partial charge on any atom is -0.468 e. The van der Waals surface area contributed by atoms with Gasteiger partial charge in [-0.05, 0) is 49.1 Å². The first-order valence-electron chi connectivity index (χ1n) is 10.9. The van der Waals surface area contributed by atoms with Crippen LogP contribution in [0.4, 0.5) is 5.69 Å². The quantitative estimate of drug-likeness (QED) is 0.594. The van der Waals surface area contributed by atoms with Crippen molar-refractivity contribution in [1.82, 2.24) is 5.32 Å². The summed E-state index contributed by atoms with van der Waals surface area (Å²) in [6.45, 7) is 1.95. The second-order valence-corrected chi connectivity index (χ2v) is 8.17. The molecule has 1 aliphatic carbocycles. The van der Waals surface area contributed by atoms with Gasteiger partial charge in [-0.2, -0.15) is 0 Å². The monoisotopic (exact) mass is 424 g/mol. The molecule has 2 N–H and O–H groups in total. The Balaban J connectivity index is 1.70. The van der Waals surface area contributed by atoms with Crippen LogP contribution in [0.5, 0.6) is 0 Å². The second-order valence-electron chi connectivity index (χ2n) is 8.17. The van der Waals surface area contributed by atoms with Crippen molar-refractivity contribution in [2.24, 2.45) is 0 Å². The lowest BCUT2D eigenvalue weighted by Crippen LogP contribution is -2.35. The molecule has 1 aromatic heterocycles. The maximum absolute atomic E-state index is 13.8.